The monoisotopic (exact) mass is 284 g/mol. The molecule has 0 unspecified atom stereocenters. The molecule has 0 radical (unpaired) electrons. The average Bonchev–Trinajstić information content (AvgIpc) is 2.69. The molecule has 0 spiro atoms. The van der Waals surface area contributed by atoms with E-state index < -0.39 is 10.0 Å². The van der Waals surface area contributed by atoms with Crippen molar-refractivity contribution in [2.45, 2.75) is 24.1 Å². The van der Waals surface area contributed by atoms with Gasteiger partial charge in [-0.3, -0.25) is 0 Å². The Morgan fingerprint density at radius 1 is 1.50 bits per heavy atom. The van der Waals surface area contributed by atoms with E-state index in [0.717, 1.165) is 6.54 Å². The lowest BCUT2D eigenvalue weighted by molar-refractivity contribution is 0.537. The Morgan fingerprint density at radius 3 is 2.69 bits per heavy atom. The van der Waals surface area contributed by atoms with Crippen LogP contribution in [0.5, 0.6) is 0 Å². The summed E-state index contributed by atoms with van der Waals surface area (Å²) in [7, 11) is -3.30. The van der Waals surface area contributed by atoms with Crippen LogP contribution in [-0.4, -0.2) is 27.5 Å². The highest BCUT2D eigenvalue weighted by Gasteiger charge is 2.15. The molecule has 1 atom stereocenters. The number of sulfonamides is 1. The van der Waals surface area contributed by atoms with Gasteiger partial charge in [-0.2, -0.15) is 0 Å². The standard InChI is InChI=1S/C9H16N2O2S2.ClH/c1-3-10-8(2)7-11-15(12,13)9-5-4-6-14-9;/h4-6,8,10-11H,3,7H2,1-2H3;1H/t8-;/m1./s1. The molecule has 0 aliphatic carbocycles. The summed E-state index contributed by atoms with van der Waals surface area (Å²) in [5.41, 5.74) is 0. The third kappa shape index (κ3) is 4.80. The number of hydrogen-bond donors (Lipinski definition) is 2. The summed E-state index contributed by atoms with van der Waals surface area (Å²) in [6, 6.07) is 3.47. The molecule has 0 aliphatic heterocycles. The van der Waals surface area contributed by atoms with Crippen LogP contribution >= 0.6 is 23.7 Å². The minimum atomic E-state index is -3.30. The maximum Gasteiger partial charge on any atom is 0.250 e. The van der Waals surface area contributed by atoms with Crippen LogP contribution < -0.4 is 10.0 Å². The van der Waals surface area contributed by atoms with E-state index in [0.29, 0.717) is 10.8 Å². The highest BCUT2D eigenvalue weighted by Crippen LogP contribution is 2.14. The molecule has 4 nitrogen and oxygen atoms in total. The molecule has 0 aromatic carbocycles. The van der Waals surface area contributed by atoms with E-state index in [2.05, 4.69) is 10.0 Å². The Balaban J connectivity index is 0.00000225. The van der Waals surface area contributed by atoms with Gasteiger partial charge in [-0.15, -0.1) is 23.7 Å². The molecular formula is C9H17ClN2O2S2. The third-order valence-corrected chi connectivity index (χ3v) is 4.71. The van der Waals surface area contributed by atoms with E-state index in [4.69, 9.17) is 0 Å². The first-order chi connectivity index (χ1) is 7.06. The van der Waals surface area contributed by atoms with Gasteiger partial charge in [0.1, 0.15) is 4.21 Å². The van der Waals surface area contributed by atoms with Crippen molar-refractivity contribution in [3.05, 3.63) is 17.5 Å². The Morgan fingerprint density at radius 2 is 2.19 bits per heavy atom. The molecule has 0 amide bonds. The maximum absolute atomic E-state index is 11.7. The zero-order valence-electron chi connectivity index (χ0n) is 9.26. The molecule has 1 rings (SSSR count). The molecule has 0 bridgehead atoms. The van der Waals surface area contributed by atoms with E-state index in [9.17, 15) is 8.42 Å². The van der Waals surface area contributed by atoms with E-state index in [1.807, 2.05) is 13.8 Å². The van der Waals surface area contributed by atoms with Crippen molar-refractivity contribution in [2.24, 2.45) is 0 Å². The summed E-state index contributed by atoms with van der Waals surface area (Å²) in [5, 5.41) is 4.89. The number of rotatable bonds is 6. The van der Waals surface area contributed by atoms with Gasteiger partial charge in [0.2, 0.25) is 10.0 Å². The van der Waals surface area contributed by atoms with Gasteiger partial charge in [0.25, 0.3) is 0 Å². The molecule has 0 saturated carbocycles. The molecule has 16 heavy (non-hydrogen) atoms. The molecule has 7 heteroatoms. The molecule has 1 aromatic rings. The van der Waals surface area contributed by atoms with Crippen LogP contribution in [0.15, 0.2) is 21.7 Å². The molecule has 1 aromatic heterocycles. The van der Waals surface area contributed by atoms with Gasteiger partial charge in [-0.05, 0) is 24.9 Å². The summed E-state index contributed by atoms with van der Waals surface area (Å²) in [6.07, 6.45) is 0. The van der Waals surface area contributed by atoms with Gasteiger partial charge in [0.15, 0.2) is 0 Å². The van der Waals surface area contributed by atoms with E-state index >= 15 is 0 Å². The fraction of sp³-hybridized carbons (Fsp3) is 0.556. The highest BCUT2D eigenvalue weighted by atomic mass is 35.5. The highest BCUT2D eigenvalue weighted by molar-refractivity contribution is 7.91. The van der Waals surface area contributed by atoms with E-state index in [1.54, 1.807) is 17.5 Å². The number of likely N-dealkylation sites (N-methyl/N-ethyl adjacent to an activating group) is 1. The summed E-state index contributed by atoms with van der Waals surface area (Å²) in [6.45, 7) is 5.18. The zero-order valence-corrected chi connectivity index (χ0v) is 11.7. The average molecular weight is 285 g/mol. The van der Waals surface area contributed by atoms with Crippen LogP contribution in [0.1, 0.15) is 13.8 Å². The molecule has 2 N–H and O–H groups in total. The van der Waals surface area contributed by atoms with Gasteiger partial charge >= 0.3 is 0 Å². The number of thiophene rings is 1. The van der Waals surface area contributed by atoms with Crippen molar-refractivity contribution >= 4 is 33.8 Å². The first-order valence-corrected chi connectivity index (χ1v) is 7.19. The Kier molecular flexibility index (Phi) is 7.17. The van der Waals surface area contributed by atoms with Crippen molar-refractivity contribution in [2.75, 3.05) is 13.1 Å². The second-order valence-electron chi connectivity index (χ2n) is 3.24. The molecule has 0 aliphatic rings. The second kappa shape index (κ2) is 7.24. The van der Waals surface area contributed by atoms with Gasteiger partial charge in [-0.1, -0.05) is 13.0 Å². The molecule has 94 valence electrons. The number of nitrogens with one attached hydrogen (secondary N) is 2. The topological polar surface area (TPSA) is 58.2 Å². The minimum Gasteiger partial charge on any atom is -0.313 e. The van der Waals surface area contributed by atoms with Crippen LogP contribution in [0.3, 0.4) is 0 Å². The minimum absolute atomic E-state index is 0. The Hall–Kier alpha value is -0.140. The third-order valence-electron chi connectivity index (χ3n) is 1.89. The Labute approximate surface area is 107 Å². The number of halogens is 1. The predicted octanol–water partition coefficient (Wildman–Crippen LogP) is 1.45. The maximum atomic E-state index is 11.7. The fourth-order valence-electron chi connectivity index (χ4n) is 1.14. The summed E-state index contributed by atoms with van der Waals surface area (Å²) < 4.78 is 26.3. The normalized spacial score (nSPS) is 13.1. The predicted molar refractivity (Wildman–Crippen MR) is 69.9 cm³/mol. The van der Waals surface area contributed by atoms with E-state index in [1.165, 1.54) is 11.3 Å². The smallest absolute Gasteiger partial charge is 0.250 e. The molecular weight excluding hydrogens is 268 g/mol. The summed E-state index contributed by atoms with van der Waals surface area (Å²) in [4.78, 5) is 0. The summed E-state index contributed by atoms with van der Waals surface area (Å²) >= 11 is 1.22. The molecule has 0 saturated heterocycles. The second-order valence-corrected chi connectivity index (χ2v) is 6.18. The van der Waals surface area contributed by atoms with Crippen molar-refractivity contribution in [3.63, 3.8) is 0 Å². The van der Waals surface area contributed by atoms with E-state index in [-0.39, 0.29) is 18.4 Å². The van der Waals surface area contributed by atoms with Crippen LogP contribution in [0, 0.1) is 0 Å². The lowest BCUT2D eigenvalue weighted by Gasteiger charge is -2.12. The fourth-order valence-corrected chi connectivity index (χ4v) is 3.31. The lowest BCUT2D eigenvalue weighted by Crippen LogP contribution is -2.38. The van der Waals surface area contributed by atoms with Crippen molar-refractivity contribution < 1.29 is 8.42 Å². The van der Waals surface area contributed by atoms with Crippen LogP contribution in [-0.2, 0) is 10.0 Å². The summed E-state index contributed by atoms with van der Waals surface area (Å²) in [5.74, 6) is 0. The van der Waals surface area contributed by atoms with Gasteiger partial charge in [0, 0.05) is 12.6 Å². The quantitative estimate of drug-likeness (QED) is 0.831. The first kappa shape index (κ1) is 15.9. The SMILES string of the molecule is CCN[C@H](C)CNS(=O)(=O)c1cccs1.Cl. The van der Waals surface area contributed by atoms with Crippen molar-refractivity contribution in [3.8, 4) is 0 Å². The number of hydrogen-bond acceptors (Lipinski definition) is 4. The zero-order chi connectivity index (χ0) is 11.3. The van der Waals surface area contributed by atoms with Crippen LogP contribution in [0.4, 0.5) is 0 Å². The van der Waals surface area contributed by atoms with Crippen LogP contribution in [0.2, 0.25) is 0 Å². The van der Waals surface area contributed by atoms with Gasteiger partial charge < -0.3 is 5.32 Å². The molecule has 1 heterocycles. The first-order valence-electron chi connectivity index (χ1n) is 4.83. The lowest BCUT2D eigenvalue weighted by atomic mass is 10.3. The van der Waals surface area contributed by atoms with Crippen molar-refractivity contribution in [1.82, 2.24) is 10.0 Å². The van der Waals surface area contributed by atoms with Gasteiger partial charge in [0.05, 0.1) is 0 Å². The Bertz CT molecular complexity index is 378. The molecule has 0 fully saturated rings. The van der Waals surface area contributed by atoms with Crippen LogP contribution in [0.25, 0.3) is 0 Å². The van der Waals surface area contributed by atoms with Crippen molar-refractivity contribution in [1.29, 1.82) is 0 Å². The van der Waals surface area contributed by atoms with Gasteiger partial charge in [-0.25, -0.2) is 13.1 Å². The largest absolute Gasteiger partial charge is 0.313 e.